The quantitative estimate of drug-likeness (QED) is 0.578. The van der Waals surface area contributed by atoms with E-state index >= 15 is 0 Å². The third kappa shape index (κ3) is 5.00. The van der Waals surface area contributed by atoms with E-state index in [-0.39, 0.29) is 11.1 Å². The van der Waals surface area contributed by atoms with Crippen molar-refractivity contribution in [2.45, 2.75) is 71.6 Å². The normalized spacial score (nSPS) is 12.5. The van der Waals surface area contributed by atoms with E-state index in [0.29, 0.717) is 6.04 Å². The van der Waals surface area contributed by atoms with Crippen molar-refractivity contribution in [1.29, 1.82) is 0 Å². The summed E-state index contributed by atoms with van der Waals surface area (Å²) < 4.78 is 8.06. The third-order valence-electron chi connectivity index (χ3n) is 4.79. The van der Waals surface area contributed by atoms with Crippen molar-refractivity contribution in [2.24, 2.45) is 0 Å². The van der Waals surface area contributed by atoms with Crippen molar-refractivity contribution in [3.8, 4) is 5.75 Å². The lowest BCUT2D eigenvalue weighted by molar-refractivity contribution is 0.0912. The Kier molecular flexibility index (Phi) is 5.59. The van der Waals surface area contributed by atoms with Crippen LogP contribution in [0.1, 0.15) is 60.4 Å². The van der Waals surface area contributed by atoms with Crippen molar-refractivity contribution in [2.75, 3.05) is 5.32 Å². The molecule has 1 N–H and O–H groups in total. The lowest BCUT2D eigenvalue weighted by atomic mass is 9.91. The number of aromatic nitrogens is 4. The molecule has 0 saturated heterocycles. The predicted octanol–water partition coefficient (Wildman–Crippen LogP) is 5.24. The molecule has 28 heavy (non-hydrogen) atoms. The second-order valence-corrected chi connectivity index (χ2v) is 8.88. The highest BCUT2D eigenvalue weighted by Crippen LogP contribution is 2.28. The van der Waals surface area contributed by atoms with E-state index in [0.717, 1.165) is 35.3 Å². The SMILES string of the molecule is CC(C)n1ncc2cc(NC(C)(C)CCC(C)(C)Oc3cccnc3)cnc21. The van der Waals surface area contributed by atoms with Crippen LogP contribution in [-0.2, 0) is 0 Å². The predicted molar refractivity (Wildman–Crippen MR) is 114 cm³/mol. The zero-order chi connectivity index (χ0) is 20.4. The molecule has 0 aliphatic heterocycles. The van der Waals surface area contributed by atoms with Gasteiger partial charge in [0.25, 0.3) is 0 Å². The number of ether oxygens (including phenoxy) is 1. The Morgan fingerprint density at radius 3 is 2.57 bits per heavy atom. The molecular formula is C22H31N5O. The van der Waals surface area contributed by atoms with Crippen LogP contribution in [0.3, 0.4) is 0 Å². The fourth-order valence-corrected chi connectivity index (χ4v) is 3.23. The minimum absolute atomic E-state index is 0.0982. The fraction of sp³-hybridized carbons (Fsp3) is 0.500. The van der Waals surface area contributed by atoms with Gasteiger partial charge in [-0.05, 0) is 72.6 Å². The molecule has 3 heterocycles. The highest BCUT2D eigenvalue weighted by Gasteiger charge is 2.26. The summed E-state index contributed by atoms with van der Waals surface area (Å²) in [7, 11) is 0. The van der Waals surface area contributed by atoms with Crippen LogP contribution >= 0.6 is 0 Å². The van der Waals surface area contributed by atoms with E-state index in [1.807, 2.05) is 29.2 Å². The first-order valence-electron chi connectivity index (χ1n) is 9.86. The monoisotopic (exact) mass is 381 g/mol. The first kappa shape index (κ1) is 20.1. The van der Waals surface area contributed by atoms with Gasteiger partial charge in [-0.25, -0.2) is 9.67 Å². The first-order chi connectivity index (χ1) is 13.2. The largest absolute Gasteiger partial charge is 0.486 e. The van der Waals surface area contributed by atoms with Crippen LogP contribution in [0.4, 0.5) is 5.69 Å². The molecule has 6 heteroatoms. The van der Waals surface area contributed by atoms with Crippen LogP contribution in [0.15, 0.2) is 43.0 Å². The van der Waals surface area contributed by atoms with Crippen molar-refractivity contribution in [1.82, 2.24) is 19.7 Å². The van der Waals surface area contributed by atoms with Gasteiger partial charge in [0.1, 0.15) is 11.4 Å². The Bertz CT molecular complexity index is 915. The van der Waals surface area contributed by atoms with Crippen molar-refractivity contribution < 1.29 is 4.74 Å². The van der Waals surface area contributed by atoms with E-state index in [1.165, 1.54) is 0 Å². The number of nitrogens with one attached hydrogen (secondary N) is 1. The van der Waals surface area contributed by atoms with Crippen LogP contribution < -0.4 is 10.1 Å². The highest BCUT2D eigenvalue weighted by atomic mass is 16.5. The molecule has 3 rings (SSSR count). The van der Waals surface area contributed by atoms with Gasteiger partial charge in [0.2, 0.25) is 0 Å². The molecule has 0 bridgehead atoms. The molecule has 0 aliphatic rings. The van der Waals surface area contributed by atoms with Crippen LogP contribution in [-0.4, -0.2) is 30.9 Å². The van der Waals surface area contributed by atoms with Gasteiger partial charge >= 0.3 is 0 Å². The molecule has 0 aromatic carbocycles. The minimum atomic E-state index is -0.275. The summed E-state index contributed by atoms with van der Waals surface area (Å²) in [4.78, 5) is 8.74. The van der Waals surface area contributed by atoms with Crippen LogP contribution in [0.2, 0.25) is 0 Å². The molecule has 0 spiro atoms. The van der Waals surface area contributed by atoms with E-state index in [1.54, 1.807) is 12.4 Å². The average Bonchev–Trinajstić information content (AvgIpc) is 3.04. The van der Waals surface area contributed by atoms with Gasteiger partial charge in [-0.1, -0.05) is 0 Å². The maximum absolute atomic E-state index is 6.12. The van der Waals surface area contributed by atoms with E-state index in [2.05, 4.69) is 68.0 Å². The summed E-state index contributed by atoms with van der Waals surface area (Å²) in [6.07, 6.45) is 9.13. The molecule has 0 amide bonds. The number of nitrogens with zero attached hydrogens (tertiary/aromatic N) is 4. The molecule has 150 valence electrons. The Morgan fingerprint density at radius 2 is 1.89 bits per heavy atom. The number of rotatable bonds is 8. The molecule has 0 unspecified atom stereocenters. The van der Waals surface area contributed by atoms with Gasteiger partial charge in [-0.3, -0.25) is 4.98 Å². The Hall–Kier alpha value is -2.63. The minimum Gasteiger partial charge on any atom is -0.486 e. The van der Waals surface area contributed by atoms with Crippen molar-refractivity contribution in [3.05, 3.63) is 43.0 Å². The van der Waals surface area contributed by atoms with Gasteiger partial charge in [0.05, 0.1) is 24.3 Å². The zero-order valence-electron chi connectivity index (χ0n) is 17.7. The smallest absolute Gasteiger partial charge is 0.158 e. The molecule has 6 nitrogen and oxygen atoms in total. The summed E-state index contributed by atoms with van der Waals surface area (Å²) in [5.74, 6) is 0.801. The van der Waals surface area contributed by atoms with E-state index < -0.39 is 0 Å². The van der Waals surface area contributed by atoms with Crippen LogP contribution in [0.25, 0.3) is 11.0 Å². The Morgan fingerprint density at radius 1 is 1.11 bits per heavy atom. The second kappa shape index (κ2) is 7.78. The summed E-state index contributed by atoms with van der Waals surface area (Å²) in [5.41, 5.74) is 1.55. The number of pyridine rings is 2. The Balaban J connectivity index is 1.64. The zero-order valence-corrected chi connectivity index (χ0v) is 17.7. The number of hydrogen-bond acceptors (Lipinski definition) is 5. The van der Waals surface area contributed by atoms with Crippen molar-refractivity contribution >= 4 is 16.7 Å². The molecule has 0 atom stereocenters. The Labute approximate surface area is 167 Å². The molecule has 0 radical (unpaired) electrons. The average molecular weight is 382 g/mol. The summed E-state index contributed by atoms with van der Waals surface area (Å²) >= 11 is 0. The highest BCUT2D eigenvalue weighted by molar-refractivity contribution is 5.78. The molecule has 3 aromatic rings. The van der Waals surface area contributed by atoms with Gasteiger partial charge in [-0.2, -0.15) is 5.10 Å². The van der Waals surface area contributed by atoms with E-state index in [4.69, 9.17) is 4.74 Å². The van der Waals surface area contributed by atoms with Gasteiger partial charge in [-0.15, -0.1) is 0 Å². The van der Waals surface area contributed by atoms with Gasteiger partial charge in [0, 0.05) is 23.2 Å². The van der Waals surface area contributed by atoms with Gasteiger partial charge in [0.15, 0.2) is 5.65 Å². The number of fused-ring (bicyclic) bond motifs is 1. The van der Waals surface area contributed by atoms with Crippen molar-refractivity contribution in [3.63, 3.8) is 0 Å². The number of anilines is 1. The third-order valence-corrected chi connectivity index (χ3v) is 4.79. The lowest BCUT2D eigenvalue weighted by Crippen LogP contribution is -2.36. The maximum Gasteiger partial charge on any atom is 0.158 e. The summed E-state index contributed by atoms with van der Waals surface area (Å²) in [6, 6.07) is 6.24. The summed E-state index contributed by atoms with van der Waals surface area (Å²) in [6.45, 7) is 12.9. The molecule has 3 aromatic heterocycles. The molecular weight excluding hydrogens is 350 g/mol. The van der Waals surface area contributed by atoms with Gasteiger partial charge < -0.3 is 10.1 Å². The second-order valence-electron chi connectivity index (χ2n) is 8.88. The maximum atomic E-state index is 6.12. The molecule has 0 fully saturated rings. The standard InChI is InChI=1S/C22H31N5O/c1-16(2)27-20-17(13-25-27)12-18(14-24-20)26-21(3,4)9-10-22(5,6)28-19-8-7-11-23-15-19/h7-8,11-16,26H,9-10H2,1-6H3. The fourth-order valence-electron chi connectivity index (χ4n) is 3.23. The summed E-state index contributed by atoms with van der Waals surface area (Å²) in [5, 5.41) is 9.11. The van der Waals surface area contributed by atoms with E-state index in [9.17, 15) is 0 Å². The topological polar surface area (TPSA) is 64.9 Å². The first-order valence-corrected chi connectivity index (χ1v) is 9.86. The van der Waals surface area contributed by atoms with Crippen LogP contribution in [0.5, 0.6) is 5.75 Å². The van der Waals surface area contributed by atoms with Crippen LogP contribution in [0, 0.1) is 0 Å². The lowest BCUT2D eigenvalue weighted by Gasteiger charge is -2.33. The molecule has 0 saturated carbocycles. The molecule has 0 aliphatic carbocycles. The number of hydrogen-bond donors (Lipinski definition) is 1.